The van der Waals surface area contributed by atoms with Crippen molar-refractivity contribution in [3.05, 3.63) is 39.8 Å². The van der Waals surface area contributed by atoms with Gasteiger partial charge < -0.3 is 5.11 Å². The summed E-state index contributed by atoms with van der Waals surface area (Å²) in [4.78, 5) is 18.8. The third-order valence-electron chi connectivity index (χ3n) is 3.65. The predicted octanol–water partition coefficient (Wildman–Crippen LogP) is 3.48. The van der Waals surface area contributed by atoms with E-state index in [2.05, 4.69) is 25.8 Å². The van der Waals surface area contributed by atoms with Crippen molar-refractivity contribution in [1.29, 1.82) is 0 Å². The van der Waals surface area contributed by atoms with Crippen molar-refractivity contribution in [3.8, 4) is 10.6 Å². The molecule has 3 rings (SSSR count). The van der Waals surface area contributed by atoms with Crippen LogP contribution in [0.1, 0.15) is 11.3 Å². The summed E-state index contributed by atoms with van der Waals surface area (Å²) < 4.78 is 1.06. The Bertz CT molecular complexity index is 641. The van der Waals surface area contributed by atoms with E-state index in [0.717, 1.165) is 34.6 Å². The molecule has 0 saturated carbocycles. The smallest absolute Gasteiger partial charge is 0.307 e. The molecule has 1 atom stereocenters. The number of carbonyl (C=O) groups is 1. The molecular weight excluding hydrogens is 352 g/mol. The number of benzene rings is 1. The summed E-state index contributed by atoms with van der Waals surface area (Å²) >= 11 is 5.10. The fourth-order valence-electron chi connectivity index (χ4n) is 2.50. The first-order chi connectivity index (χ1) is 10.1. The lowest BCUT2D eigenvalue weighted by molar-refractivity contribution is -0.141. The van der Waals surface area contributed by atoms with Gasteiger partial charge in [0.25, 0.3) is 0 Å². The highest BCUT2D eigenvalue weighted by Gasteiger charge is 2.28. The average Bonchev–Trinajstić information content (AvgIpc) is 3.10. The highest BCUT2D eigenvalue weighted by atomic mass is 79.9. The summed E-state index contributed by atoms with van der Waals surface area (Å²) in [5.41, 5.74) is 1.11. The molecule has 1 aromatic carbocycles. The molecule has 21 heavy (non-hydrogen) atoms. The van der Waals surface area contributed by atoms with Gasteiger partial charge in [-0.2, -0.15) is 0 Å². The molecule has 4 nitrogen and oxygen atoms in total. The molecule has 1 saturated heterocycles. The van der Waals surface area contributed by atoms with Gasteiger partial charge in [0.05, 0.1) is 5.92 Å². The number of rotatable bonds is 4. The first kappa shape index (κ1) is 14.7. The number of aromatic nitrogens is 1. The lowest BCUT2D eigenvalue weighted by atomic mass is 10.1. The van der Waals surface area contributed by atoms with E-state index in [-0.39, 0.29) is 5.92 Å². The van der Waals surface area contributed by atoms with Gasteiger partial charge in [-0.05, 0) is 25.1 Å². The molecule has 0 amide bonds. The minimum absolute atomic E-state index is 0.219. The Hall–Kier alpha value is -1.24. The molecule has 0 spiro atoms. The van der Waals surface area contributed by atoms with Crippen LogP contribution in [0.2, 0.25) is 0 Å². The number of nitrogens with zero attached hydrogens (tertiary/aromatic N) is 2. The maximum Gasteiger partial charge on any atom is 0.307 e. The monoisotopic (exact) mass is 366 g/mol. The summed E-state index contributed by atoms with van der Waals surface area (Å²) in [5, 5.41) is 10.0. The van der Waals surface area contributed by atoms with Crippen molar-refractivity contribution < 1.29 is 9.90 Å². The van der Waals surface area contributed by atoms with Crippen molar-refractivity contribution in [1.82, 2.24) is 9.88 Å². The third-order valence-corrected chi connectivity index (χ3v) is 5.21. The number of halogens is 1. The number of carboxylic acid groups (broad SMARTS) is 1. The van der Waals surface area contributed by atoms with Crippen LogP contribution in [0, 0.1) is 5.92 Å². The topological polar surface area (TPSA) is 53.4 Å². The van der Waals surface area contributed by atoms with Gasteiger partial charge in [0.15, 0.2) is 0 Å². The van der Waals surface area contributed by atoms with Crippen LogP contribution in [0.5, 0.6) is 0 Å². The number of hydrogen-bond acceptors (Lipinski definition) is 4. The SMILES string of the molecule is O=C(O)C1CCN(Cc2cnc(-c3ccc(Br)cc3)s2)C1. The molecule has 1 aliphatic rings. The van der Waals surface area contributed by atoms with Gasteiger partial charge in [0.1, 0.15) is 5.01 Å². The van der Waals surface area contributed by atoms with E-state index >= 15 is 0 Å². The van der Waals surface area contributed by atoms with Crippen molar-refractivity contribution in [2.75, 3.05) is 13.1 Å². The standard InChI is InChI=1S/C15H15BrN2O2S/c16-12-3-1-10(2-4-12)14-17-7-13(21-14)9-18-6-5-11(8-18)15(19)20/h1-4,7,11H,5-6,8-9H2,(H,19,20). The fourth-order valence-corrected chi connectivity index (χ4v) is 3.73. The van der Waals surface area contributed by atoms with E-state index in [1.165, 1.54) is 4.88 Å². The summed E-state index contributed by atoms with van der Waals surface area (Å²) in [5.74, 6) is -0.902. The minimum atomic E-state index is -0.683. The van der Waals surface area contributed by atoms with Crippen molar-refractivity contribution in [3.63, 3.8) is 0 Å². The lowest BCUT2D eigenvalue weighted by Crippen LogP contribution is -2.22. The second-order valence-corrected chi connectivity index (χ2v) is 7.23. The zero-order valence-electron chi connectivity index (χ0n) is 11.3. The van der Waals surface area contributed by atoms with Gasteiger partial charge >= 0.3 is 5.97 Å². The Labute approximate surface area is 135 Å². The summed E-state index contributed by atoms with van der Waals surface area (Å²) in [7, 11) is 0. The third kappa shape index (κ3) is 3.51. The highest BCUT2D eigenvalue weighted by Crippen LogP contribution is 2.28. The van der Waals surface area contributed by atoms with Gasteiger partial charge in [0, 0.05) is 34.2 Å². The first-order valence-corrected chi connectivity index (χ1v) is 8.38. The van der Waals surface area contributed by atoms with Gasteiger partial charge in [-0.3, -0.25) is 9.69 Å². The number of hydrogen-bond donors (Lipinski definition) is 1. The number of carboxylic acids is 1. The zero-order chi connectivity index (χ0) is 14.8. The number of likely N-dealkylation sites (tertiary alicyclic amines) is 1. The lowest BCUT2D eigenvalue weighted by Gasteiger charge is -2.12. The number of aliphatic carboxylic acids is 1. The van der Waals surface area contributed by atoms with Crippen LogP contribution in [0.15, 0.2) is 34.9 Å². The van der Waals surface area contributed by atoms with Crippen molar-refractivity contribution in [2.45, 2.75) is 13.0 Å². The molecule has 1 fully saturated rings. The molecule has 1 N–H and O–H groups in total. The molecule has 1 unspecified atom stereocenters. The second-order valence-electron chi connectivity index (χ2n) is 5.20. The van der Waals surface area contributed by atoms with Gasteiger partial charge in [-0.25, -0.2) is 4.98 Å². The molecule has 2 heterocycles. The predicted molar refractivity (Wildman–Crippen MR) is 86.3 cm³/mol. The van der Waals surface area contributed by atoms with Gasteiger partial charge in [-0.15, -0.1) is 11.3 Å². The first-order valence-electron chi connectivity index (χ1n) is 6.77. The van der Waals surface area contributed by atoms with Gasteiger partial charge in [0.2, 0.25) is 0 Å². The molecule has 0 aliphatic carbocycles. The van der Waals surface area contributed by atoms with Crippen LogP contribution in [0.4, 0.5) is 0 Å². The maximum atomic E-state index is 11.0. The Morgan fingerprint density at radius 2 is 2.19 bits per heavy atom. The van der Waals surface area contributed by atoms with Crippen molar-refractivity contribution in [2.24, 2.45) is 5.92 Å². The molecule has 0 bridgehead atoms. The van der Waals surface area contributed by atoms with Crippen LogP contribution in [0.3, 0.4) is 0 Å². The average molecular weight is 367 g/mol. The Kier molecular flexibility index (Phi) is 4.37. The highest BCUT2D eigenvalue weighted by molar-refractivity contribution is 9.10. The van der Waals surface area contributed by atoms with E-state index in [0.29, 0.717) is 6.54 Å². The van der Waals surface area contributed by atoms with E-state index < -0.39 is 5.97 Å². The molecule has 6 heteroatoms. The van der Waals surface area contributed by atoms with Gasteiger partial charge in [-0.1, -0.05) is 28.1 Å². The summed E-state index contributed by atoms with van der Waals surface area (Å²) in [6.07, 6.45) is 2.64. The van der Waals surface area contributed by atoms with E-state index in [4.69, 9.17) is 5.11 Å². The quantitative estimate of drug-likeness (QED) is 0.899. The largest absolute Gasteiger partial charge is 0.481 e. The maximum absolute atomic E-state index is 11.0. The van der Waals surface area contributed by atoms with E-state index in [9.17, 15) is 4.79 Å². The zero-order valence-corrected chi connectivity index (χ0v) is 13.7. The van der Waals surface area contributed by atoms with E-state index in [1.54, 1.807) is 11.3 Å². The minimum Gasteiger partial charge on any atom is -0.481 e. The van der Waals surface area contributed by atoms with Crippen LogP contribution in [-0.4, -0.2) is 34.0 Å². The van der Waals surface area contributed by atoms with Crippen LogP contribution < -0.4 is 0 Å². The number of thiazole rings is 1. The van der Waals surface area contributed by atoms with E-state index in [1.807, 2.05) is 30.5 Å². The molecule has 2 aromatic rings. The van der Waals surface area contributed by atoms with Crippen LogP contribution in [-0.2, 0) is 11.3 Å². The second kappa shape index (κ2) is 6.25. The Morgan fingerprint density at radius 3 is 2.86 bits per heavy atom. The summed E-state index contributed by atoms with van der Waals surface area (Å²) in [6, 6.07) is 8.11. The Morgan fingerprint density at radius 1 is 1.43 bits per heavy atom. The molecular formula is C15H15BrN2O2S. The fraction of sp³-hybridized carbons (Fsp3) is 0.333. The summed E-state index contributed by atoms with van der Waals surface area (Å²) in [6.45, 7) is 2.28. The Balaban J connectivity index is 1.66. The molecule has 1 aromatic heterocycles. The van der Waals surface area contributed by atoms with Crippen molar-refractivity contribution >= 4 is 33.2 Å². The molecule has 1 aliphatic heterocycles. The van der Waals surface area contributed by atoms with Crippen LogP contribution in [0.25, 0.3) is 10.6 Å². The molecule has 110 valence electrons. The molecule has 0 radical (unpaired) electrons. The normalized spacial score (nSPS) is 19.0. The van der Waals surface area contributed by atoms with Crippen LogP contribution >= 0.6 is 27.3 Å².